The van der Waals surface area contributed by atoms with Gasteiger partial charge in [-0.15, -0.1) is 0 Å². The summed E-state index contributed by atoms with van der Waals surface area (Å²) in [6.07, 6.45) is 0.0777. The van der Waals surface area contributed by atoms with E-state index in [0.717, 1.165) is 22.6 Å². The molecule has 0 N–H and O–H groups in total. The minimum atomic E-state index is 0.0777. The van der Waals surface area contributed by atoms with Gasteiger partial charge in [0, 0.05) is 12.1 Å². The smallest absolute Gasteiger partial charge is 0.131 e. The summed E-state index contributed by atoms with van der Waals surface area (Å²) in [6, 6.07) is 22.0. The van der Waals surface area contributed by atoms with Gasteiger partial charge < -0.3 is 19.3 Å². The van der Waals surface area contributed by atoms with Crippen LogP contribution in [0.3, 0.4) is 0 Å². The molecule has 3 aromatic rings. The molecule has 0 fully saturated rings. The lowest BCUT2D eigenvalue weighted by Crippen LogP contribution is -2.36. The molecule has 4 rings (SSSR count). The molecular weight excluding hydrogens is 396 g/mol. The van der Waals surface area contributed by atoms with E-state index in [4.69, 9.17) is 9.47 Å². The van der Waals surface area contributed by atoms with Gasteiger partial charge in [0.05, 0.1) is 41.5 Å². The first-order valence-corrected chi connectivity index (χ1v) is 11.5. The summed E-state index contributed by atoms with van der Waals surface area (Å²) in [4.78, 5) is 4.87. The van der Waals surface area contributed by atoms with E-state index in [1.54, 1.807) is 7.11 Å². The Kier molecular flexibility index (Phi) is 6.05. The summed E-state index contributed by atoms with van der Waals surface area (Å²) in [7, 11) is 1.72. The maximum absolute atomic E-state index is 6.17. The van der Waals surface area contributed by atoms with Gasteiger partial charge in [-0.25, -0.2) is 0 Å². The van der Waals surface area contributed by atoms with Gasteiger partial charge in [-0.1, -0.05) is 24.3 Å². The topological polar surface area (TPSA) is 24.9 Å². The van der Waals surface area contributed by atoms with Crippen LogP contribution in [0.5, 0.6) is 11.5 Å². The molecule has 4 heteroatoms. The molecule has 0 aromatic heterocycles. The third kappa shape index (κ3) is 3.79. The van der Waals surface area contributed by atoms with Crippen molar-refractivity contribution in [3.8, 4) is 22.6 Å². The Morgan fingerprint density at radius 2 is 1.19 bits per heavy atom. The molecule has 0 saturated heterocycles. The predicted octanol–water partition coefficient (Wildman–Crippen LogP) is 7.56. The van der Waals surface area contributed by atoms with Crippen molar-refractivity contribution >= 4 is 22.7 Å². The summed E-state index contributed by atoms with van der Waals surface area (Å²) in [5.74, 6) is 1.66. The van der Waals surface area contributed by atoms with Gasteiger partial charge in [-0.2, -0.15) is 0 Å². The second-order valence-corrected chi connectivity index (χ2v) is 9.12. The van der Waals surface area contributed by atoms with Crippen molar-refractivity contribution in [2.45, 2.75) is 59.7 Å². The zero-order valence-electron chi connectivity index (χ0n) is 20.2. The number of ether oxygens (including phenoxy) is 2. The van der Waals surface area contributed by atoms with Gasteiger partial charge in [-0.3, -0.25) is 0 Å². The lowest BCUT2D eigenvalue weighted by Gasteiger charge is -2.44. The molecule has 3 aromatic carbocycles. The van der Waals surface area contributed by atoms with Crippen molar-refractivity contribution < 1.29 is 9.47 Å². The van der Waals surface area contributed by atoms with Crippen LogP contribution in [0.4, 0.5) is 22.7 Å². The van der Waals surface area contributed by atoms with Crippen molar-refractivity contribution in [3.63, 3.8) is 0 Å². The Balaban J connectivity index is 1.95. The van der Waals surface area contributed by atoms with E-state index in [0.29, 0.717) is 12.1 Å². The molecule has 1 heterocycles. The second kappa shape index (κ2) is 8.78. The van der Waals surface area contributed by atoms with E-state index in [1.165, 1.54) is 22.7 Å². The molecule has 168 valence electrons. The average molecular weight is 431 g/mol. The maximum Gasteiger partial charge on any atom is 0.131 e. The fraction of sp³-hybridized carbons (Fsp3) is 0.357. The van der Waals surface area contributed by atoms with Crippen LogP contribution < -0.4 is 19.3 Å². The van der Waals surface area contributed by atoms with Gasteiger partial charge in [0.1, 0.15) is 11.5 Å². The largest absolute Gasteiger partial charge is 0.496 e. The molecule has 0 bridgehead atoms. The summed E-state index contributed by atoms with van der Waals surface area (Å²) in [5.41, 5.74) is 6.98. The van der Waals surface area contributed by atoms with E-state index in [-0.39, 0.29) is 6.10 Å². The van der Waals surface area contributed by atoms with Crippen molar-refractivity contribution in [2.75, 3.05) is 16.9 Å². The van der Waals surface area contributed by atoms with Crippen molar-refractivity contribution in [1.29, 1.82) is 0 Å². The highest BCUT2D eigenvalue weighted by atomic mass is 16.5. The van der Waals surface area contributed by atoms with E-state index in [2.05, 4.69) is 80.0 Å². The number of hydrogen-bond donors (Lipinski definition) is 0. The third-order valence-corrected chi connectivity index (χ3v) is 5.79. The summed E-state index contributed by atoms with van der Waals surface area (Å²) in [6.45, 7) is 13.1. The molecule has 0 aliphatic carbocycles. The SMILES string of the molecule is COc1cccc(OC(C)C)c1-c1ccc2c(c1)N(C(C)C)c1ccccc1N2C(C)C. The zero-order valence-corrected chi connectivity index (χ0v) is 20.2. The molecule has 1 aliphatic rings. The highest BCUT2D eigenvalue weighted by Gasteiger charge is 2.31. The lowest BCUT2D eigenvalue weighted by atomic mass is 9.97. The Hall–Kier alpha value is -3.14. The number of rotatable bonds is 6. The number of hydrogen-bond acceptors (Lipinski definition) is 4. The monoisotopic (exact) mass is 430 g/mol. The Labute approximate surface area is 192 Å². The van der Waals surface area contributed by atoms with Gasteiger partial charge in [-0.05, 0) is 83.5 Å². The third-order valence-electron chi connectivity index (χ3n) is 5.79. The number of anilines is 4. The highest BCUT2D eigenvalue weighted by molar-refractivity contribution is 5.96. The first-order valence-electron chi connectivity index (χ1n) is 11.5. The van der Waals surface area contributed by atoms with Crippen LogP contribution in [0.1, 0.15) is 41.5 Å². The molecular formula is C28H34N2O2. The Morgan fingerprint density at radius 1 is 0.625 bits per heavy atom. The fourth-order valence-electron chi connectivity index (χ4n) is 4.64. The number of benzene rings is 3. The Bertz CT molecular complexity index is 1100. The first kappa shape index (κ1) is 22.1. The van der Waals surface area contributed by atoms with Crippen LogP contribution in [0.25, 0.3) is 11.1 Å². The number of fused-ring (bicyclic) bond motifs is 2. The molecule has 4 nitrogen and oxygen atoms in total. The molecule has 1 aliphatic heterocycles. The molecule has 32 heavy (non-hydrogen) atoms. The van der Waals surface area contributed by atoms with Crippen molar-refractivity contribution in [3.05, 3.63) is 60.7 Å². The number of para-hydroxylation sites is 2. The fourth-order valence-corrected chi connectivity index (χ4v) is 4.64. The number of nitrogens with zero attached hydrogens (tertiary/aromatic N) is 2. The minimum absolute atomic E-state index is 0.0777. The summed E-state index contributed by atoms with van der Waals surface area (Å²) < 4.78 is 11.9. The van der Waals surface area contributed by atoms with Gasteiger partial charge in [0.25, 0.3) is 0 Å². The molecule has 0 spiro atoms. The predicted molar refractivity (Wildman–Crippen MR) is 135 cm³/mol. The standard InChI is InChI=1S/C28H34N2O2/c1-18(2)29-22-11-8-9-12-23(22)30(19(3)4)25-17-21(15-16-24(25)29)28-26(31-7)13-10-14-27(28)32-20(5)6/h8-20H,1-7H3. The van der Waals surface area contributed by atoms with E-state index in [1.807, 2.05) is 32.0 Å². The summed E-state index contributed by atoms with van der Waals surface area (Å²) in [5, 5.41) is 0. The molecule has 0 atom stereocenters. The second-order valence-electron chi connectivity index (χ2n) is 9.12. The van der Waals surface area contributed by atoms with E-state index in [9.17, 15) is 0 Å². The lowest BCUT2D eigenvalue weighted by molar-refractivity contribution is 0.242. The van der Waals surface area contributed by atoms with Crippen molar-refractivity contribution in [2.24, 2.45) is 0 Å². The van der Waals surface area contributed by atoms with Gasteiger partial charge in [0.15, 0.2) is 0 Å². The normalized spacial score (nSPS) is 12.9. The van der Waals surface area contributed by atoms with Crippen LogP contribution in [-0.4, -0.2) is 25.3 Å². The molecule has 0 radical (unpaired) electrons. The highest BCUT2D eigenvalue weighted by Crippen LogP contribution is 2.51. The minimum Gasteiger partial charge on any atom is -0.496 e. The van der Waals surface area contributed by atoms with Crippen molar-refractivity contribution in [1.82, 2.24) is 0 Å². The summed E-state index contributed by atoms with van der Waals surface area (Å²) >= 11 is 0. The van der Waals surface area contributed by atoms with Crippen LogP contribution >= 0.6 is 0 Å². The Morgan fingerprint density at radius 3 is 1.75 bits per heavy atom. The average Bonchev–Trinajstić information content (AvgIpc) is 2.75. The van der Waals surface area contributed by atoms with Crippen LogP contribution in [0.15, 0.2) is 60.7 Å². The van der Waals surface area contributed by atoms with Crippen LogP contribution in [0, 0.1) is 0 Å². The van der Waals surface area contributed by atoms with Crippen LogP contribution in [-0.2, 0) is 0 Å². The van der Waals surface area contributed by atoms with E-state index < -0.39 is 0 Å². The van der Waals surface area contributed by atoms with Gasteiger partial charge >= 0.3 is 0 Å². The zero-order chi connectivity index (χ0) is 23.0. The molecule has 0 amide bonds. The van der Waals surface area contributed by atoms with Crippen LogP contribution in [0.2, 0.25) is 0 Å². The molecule has 0 unspecified atom stereocenters. The molecule has 0 saturated carbocycles. The van der Waals surface area contributed by atoms with E-state index >= 15 is 0 Å². The first-order chi connectivity index (χ1) is 15.3. The maximum atomic E-state index is 6.17. The number of methoxy groups -OCH3 is 1. The quantitative estimate of drug-likeness (QED) is 0.403. The van der Waals surface area contributed by atoms with Gasteiger partial charge in [0.2, 0.25) is 0 Å².